The second kappa shape index (κ2) is 7.96. The number of H-pyrrole nitrogens is 1. The van der Waals surface area contributed by atoms with E-state index in [1.807, 2.05) is 13.8 Å². The summed E-state index contributed by atoms with van der Waals surface area (Å²) in [5.74, 6) is -0.707. The highest BCUT2D eigenvalue weighted by Crippen LogP contribution is 2.38. The van der Waals surface area contributed by atoms with Crippen LogP contribution in [0.5, 0.6) is 0 Å². The Labute approximate surface area is 146 Å². The minimum atomic E-state index is -4.87. The molecule has 142 valence electrons. The van der Waals surface area contributed by atoms with Gasteiger partial charge in [-0.3, -0.25) is 14.2 Å². The number of ether oxygens (including phenoxy) is 1. The van der Waals surface area contributed by atoms with Crippen LogP contribution < -0.4 is 4.90 Å². The van der Waals surface area contributed by atoms with E-state index in [2.05, 4.69) is 9.51 Å². The largest absolute Gasteiger partial charge is 0.471 e. The lowest BCUT2D eigenvalue weighted by molar-refractivity contribution is 0.0429. The zero-order valence-corrected chi connectivity index (χ0v) is 15.3. The second-order valence-electron chi connectivity index (χ2n) is 5.48. The van der Waals surface area contributed by atoms with Crippen LogP contribution in [0.1, 0.15) is 24.3 Å². The van der Waals surface area contributed by atoms with Gasteiger partial charge in [0.15, 0.2) is 11.1 Å². The van der Waals surface area contributed by atoms with E-state index < -0.39 is 37.0 Å². The number of aromatic nitrogens is 1. The van der Waals surface area contributed by atoms with Crippen LogP contribution in [0.2, 0.25) is 0 Å². The van der Waals surface area contributed by atoms with Crippen molar-refractivity contribution in [2.75, 3.05) is 24.8 Å². The third kappa shape index (κ3) is 4.88. The summed E-state index contributed by atoms with van der Waals surface area (Å²) < 4.78 is 42.3. The van der Waals surface area contributed by atoms with Crippen LogP contribution >= 0.6 is 7.82 Å². The molecule has 13 heteroatoms. The number of aromatic amines is 1. The lowest BCUT2D eigenvalue weighted by atomic mass is 10.2. The first-order chi connectivity index (χ1) is 11.6. The molecular weight excluding hydrogens is 377 g/mol. The number of anilines is 1. The zero-order valence-electron chi connectivity index (χ0n) is 13.6. The summed E-state index contributed by atoms with van der Waals surface area (Å²) in [5.41, 5.74) is -0.851. The Bertz CT molecular complexity index is 690. The maximum Gasteiger partial charge on any atom is 0.471 e. The molecule has 1 aromatic rings. The topological polar surface area (TPSA) is 153 Å². The minimum Gasteiger partial charge on any atom is -0.377 e. The van der Waals surface area contributed by atoms with Gasteiger partial charge in [-0.25, -0.2) is 8.77 Å². The van der Waals surface area contributed by atoms with E-state index in [4.69, 9.17) is 14.5 Å². The molecule has 0 spiro atoms. The van der Waals surface area contributed by atoms with Crippen molar-refractivity contribution in [1.82, 2.24) is 9.88 Å². The summed E-state index contributed by atoms with van der Waals surface area (Å²) in [6.45, 7) is 3.23. The lowest BCUT2D eigenvalue weighted by Gasteiger charge is -2.41. The predicted molar refractivity (Wildman–Crippen MR) is 88.0 cm³/mol. The van der Waals surface area contributed by atoms with Gasteiger partial charge in [-0.1, -0.05) is 0 Å². The summed E-state index contributed by atoms with van der Waals surface area (Å²) in [4.78, 5) is 35.2. The van der Waals surface area contributed by atoms with Gasteiger partial charge >= 0.3 is 7.82 Å². The molecule has 25 heavy (non-hydrogen) atoms. The van der Waals surface area contributed by atoms with E-state index in [1.165, 1.54) is 11.1 Å². The molecule has 1 aliphatic heterocycles. The van der Waals surface area contributed by atoms with Crippen LogP contribution in [-0.4, -0.2) is 65.8 Å². The van der Waals surface area contributed by atoms with Gasteiger partial charge in [0.25, 0.3) is 5.91 Å². The molecule has 1 aromatic heterocycles. The Morgan fingerprint density at radius 2 is 2.08 bits per heavy atom. The van der Waals surface area contributed by atoms with Crippen LogP contribution in [0.25, 0.3) is 0 Å². The van der Waals surface area contributed by atoms with Gasteiger partial charge in [0, 0.05) is 12.7 Å². The fourth-order valence-electron chi connectivity index (χ4n) is 2.40. The summed E-state index contributed by atoms with van der Waals surface area (Å²) in [6, 6.07) is 1.57. The molecular formula is C12H20N3O8PS. The number of amides is 1. The smallest absolute Gasteiger partial charge is 0.377 e. The van der Waals surface area contributed by atoms with Crippen molar-refractivity contribution >= 4 is 30.5 Å². The SMILES string of the molecule is CC(C)OCCN1c2cc[nH]c2C(=O)N(COP(=O)(O)O)C1S(=O)O. The molecule has 0 bridgehead atoms. The monoisotopic (exact) mass is 397 g/mol. The zero-order chi connectivity index (χ0) is 18.8. The average Bonchev–Trinajstić information content (AvgIpc) is 2.96. The molecule has 2 unspecified atom stereocenters. The molecule has 0 fully saturated rings. The highest BCUT2D eigenvalue weighted by molar-refractivity contribution is 7.80. The van der Waals surface area contributed by atoms with Crippen molar-refractivity contribution in [1.29, 1.82) is 0 Å². The number of rotatable bonds is 8. The van der Waals surface area contributed by atoms with Crippen LogP contribution in [0, 0.1) is 0 Å². The Morgan fingerprint density at radius 3 is 2.64 bits per heavy atom. The third-order valence-corrected chi connectivity index (χ3v) is 4.69. The first-order valence-corrected chi connectivity index (χ1v) is 9.98. The number of phosphoric acid groups is 1. The summed E-state index contributed by atoms with van der Waals surface area (Å²) in [5, 5.41) is 0. The first kappa shape index (κ1) is 20.0. The summed E-state index contributed by atoms with van der Waals surface area (Å²) in [7, 11) is -4.87. The van der Waals surface area contributed by atoms with Crippen LogP contribution in [0.3, 0.4) is 0 Å². The summed E-state index contributed by atoms with van der Waals surface area (Å²) in [6.07, 6.45) is 1.44. The quantitative estimate of drug-likeness (QED) is 0.358. The number of nitrogens with zero attached hydrogens (tertiary/aromatic N) is 2. The van der Waals surface area contributed by atoms with E-state index >= 15 is 0 Å². The van der Waals surface area contributed by atoms with Crippen molar-refractivity contribution in [3.05, 3.63) is 18.0 Å². The maximum atomic E-state index is 12.5. The van der Waals surface area contributed by atoms with E-state index in [1.54, 1.807) is 6.07 Å². The standard InChI is InChI=1S/C12H20N3O8PS/c1-8(2)22-6-5-14-9-3-4-13-10(9)11(16)15(12(14)25(20)21)7-23-24(17,18)19/h3-4,8,12-13H,5-7H2,1-2H3,(H,20,21)(H2,17,18,19). The van der Waals surface area contributed by atoms with Crippen molar-refractivity contribution in [3.63, 3.8) is 0 Å². The van der Waals surface area contributed by atoms with Crippen LogP contribution in [-0.2, 0) is 24.9 Å². The molecule has 0 saturated heterocycles. The fourth-order valence-corrected chi connectivity index (χ4v) is 3.48. The number of carbonyl (C=O) groups is 1. The molecule has 2 heterocycles. The van der Waals surface area contributed by atoms with Gasteiger partial charge in [0.2, 0.25) is 5.50 Å². The Morgan fingerprint density at radius 1 is 1.40 bits per heavy atom. The van der Waals surface area contributed by atoms with Crippen molar-refractivity contribution in [3.8, 4) is 0 Å². The van der Waals surface area contributed by atoms with Gasteiger partial charge in [0.1, 0.15) is 12.4 Å². The number of carbonyl (C=O) groups excluding carboxylic acids is 1. The number of nitrogens with one attached hydrogen (secondary N) is 1. The molecule has 11 nitrogen and oxygen atoms in total. The molecule has 2 rings (SSSR count). The number of phosphoric ester groups is 1. The first-order valence-electron chi connectivity index (χ1n) is 7.28. The van der Waals surface area contributed by atoms with Crippen molar-refractivity contribution in [2.45, 2.75) is 25.4 Å². The Kier molecular flexibility index (Phi) is 6.38. The highest BCUT2D eigenvalue weighted by atomic mass is 32.2. The number of fused-ring (bicyclic) bond motifs is 1. The van der Waals surface area contributed by atoms with Gasteiger partial charge in [-0.2, -0.15) is 0 Å². The molecule has 0 aliphatic carbocycles. The average molecular weight is 397 g/mol. The van der Waals surface area contributed by atoms with Gasteiger partial charge < -0.3 is 29.0 Å². The number of hydrogen-bond acceptors (Lipinski definition) is 6. The molecule has 4 N–H and O–H groups in total. The van der Waals surface area contributed by atoms with Crippen molar-refractivity contribution in [2.24, 2.45) is 0 Å². The normalized spacial score (nSPS) is 19.4. The van der Waals surface area contributed by atoms with E-state index in [0.29, 0.717) is 5.69 Å². The molecule has 0 radical (unpaired) electrons. The van der Waals surface area contributed by atoms with Crippen LogP contribution in [0.15, 0.2) is 12.3 Å². The van der Waals surface area contributed by atoms with E-state index in [9.17, 15) is 18.1 Å². The molecule has 0 saturated carbocycles. The fraction of sp³-hybridized carbons (Fsp3) is 0.583. The molecule has 2 atom stereocenters. The second-order valence-corrected chi connectivity index (χ2v) is 7.69. The molecule has 0 aromatic carbocycles. The maximum absolute atomic E-state index is 12.5. The van der Waals surface area contributed by atoms with E-state index in [0.717, 1.165) is 4.90 Å². The van der Waals surface area contributed by atoms with Crippen molar-refractivity contribution < 1.29 is 37.2 Å². The van der Waals surface area contributed by atoms with Crippen LogP contribution in [0.4, 0.5) is 5.69 Å². The summed E-state index contributed by atoms with van der Waals surface area (Å²) >= 11 is -2.54. The van der Waals surface area contributed by atoms with Gasteiger partial charge in [-0.05, 0) is 19.9 Å². The number of hydrogen-bond donors (Lipinski definition) is 4. The third-order valence-electron chi connectivity index (χ3n) is 3.37. The molecule has 1 aliphatic rings. The Balaban J connectivity index is 2.32. The predicted octanol–water partition coefficient (Wildman–Crippen LogP) is 0.274. The minimum absolute atomic E-state index is 0.0516. The lowest BCUT2D eigenvalue weighted by Crippen LogP contribution is -2.58. The Hall–Kier alpha value is -1.27. The molecule has 1 amide bonds. The van der Waals surface area contributed by atoms with Gasteiger partial charge in [0.05, 0.1) is 18.4 Å². The highest BCUT2D eigenvalue weighted by Gasteiger charge is 2.42. The van der Waals surface area contributed by atoms with Gasteiger partial charge in [-0.15, -0.1) is 0 Å². The van der Waals surface area contributed by atoms with E-state index in [-0.39, 0.29) is 24.9 Å².